The number of para-hydroxylation sites is 1. The van der Waals surface area contributed by atoms with Crippen molar-refractivity contribution in [1.82, 2.24) is 9.97 Å². The summed E-state index contributed by atoms with van der Waals surface area (Å²) in [4.78, 5) is 8.96. The predicted octanol–water partition coefficient (Wildman–Crippen LogP) is 3.29. The lowest BCUT2D eigenvalue weighted by Crippen LogP contribution is -2.05. The molecule has 1 heterocycles. The third-order valence-corrected chi connectivity index (χ3v) is 3.45. The minimum atomic E-state index is 0.607. The maximum absolute atomic E-state index is 5.17. The molecule has 112 valence electrons. The van der Waals surface area contributed by atoms with E-state index < -0.39 is 0 Å². The molecule has 1 aromatic heterocycles. The number of anilines is 2. The van der Waals surface area contributed by atoms with Crippen LogP contribution >= 0.6 is 0 Å². The molecule has 22 heavy (non-hydrogen) atoms. The number of hydrogen-bond acceptors (Lipinski definition) is 5. The zero-order valence-electron chi connectivity index (χ0n) is 12.6. The van der Waals surface area contributed by atoms with Gasteiger partial charge in [0.15, 0.2) is 0 Å². The van der Waals surface area contributed by atoms with Crippen LogP contribution < -0.4 is 15.4 Å². The van der Waals surface area contributed by atoms with Crippen molar-refractivity contribution in [2.24, 2.45) is 0 Å². The van der Waals surface area contributed by atoms with Crippen molar-refractivity contribution in [3.63, 3.8) is 0 Å². The van der Waals surface area contributed by atoms with Crippen molar-refractivity contribution in [3.8, 4) is 5.75 Å². The highest BCUT2D eigenvalue weighted by Crippen LogP contribution is 2.22. The van der Waals surface area contributed by atoms with Crippen molar-refractivity contribution >= 4 is 22.7 Å². The molecule has 0 spiro atoms. The first-order valence-corrected chi connectivity index (χ1v) is 7.11. The number of benzene rings is 2. The van der Waals surface area contributed by atoms with Gasteiger partial charge in [-0.1, -0.05) is 24.3 Å². The molecular formula is C17H18N4O. The van der Waals surface area contributed by atoms with E-state index in [4.69, 9.17) is 4.74 Å². The predicted molar refractivity (Wildman–Crippen MR) is 89.4 cm³/mol. The number of rotatable bonds is 5. The highest BCUT2D eigenvalue weighted by molar-refractivity contribution is 5.89. The number of methoxy groups -OCH3 is 1. The molecular weight excluding hydrogens is 276 g/mol. The van der Waals surface area contributed by atoms with Gasteiger partial charge < -0.3 is 15.4 Å². The number of hydrogen-bond donors (Lipinski definition) is 2. The molecule has 5 heteroatoms. The first kappa shape index (κ1) is 14.1. The second-order valence-corrected chi connectivity index (χ2v) is 4.86. The molecule has 0 aliphatic carbocycles. The average Bonchev–Trinajstić information content (AvgIpc) is 2.59. The zero-order valence-corrected chi connectivity index (χ0v) is 12.6. The van der Waals surface area contributed by atoms with Gasteiger partial charge in [0.05, 0.1) is 12.6 Å². The summed E-state index contributed by atoms with van der Waals surface area (Å²) in [6, 6.07) is 15.9. The quantitative estimate of drug-likeness (QED) is 0.756. The van der Waals surface area contributed by atoms with Gasteiger partial charge in [-0.05, 0) is 29.8 Å². The molecule has 0 fully saturated rings. The van der Waals surface area contributed by atoms with Crippen LogP contribution in [0, 0.1) is 0 Å². The molecule has 2 aromatic carbocycles. The molecule has 0 bridgehead atoms. The Kier molecular flexibility index (Phi) is 4.05. The molecule has 0 saturated heterocycles. The van der Waals surface area contributed by atoms with E-state index in [0.717, 1.165) is 28.0 Å². The Balaban J connectivity index is 1.86. The largest absolute Gasteiger partial charge is 0.497 e. The molecule has 0 amide bonds. The first-order valence-electron chi connectivity index (χ1n) is 7.11. The van der Waals surface area contributed by atoms with Crippen LogP contribution in [-0.4, -0.2) is 24.1 Å². The number of ether oxygens (including phenoxy) is 1. The molecule has 3 rings (SSSR count). The van der Waals surface area contributed by atoms with Gasteiger partial charge in [0, 0.05) is 19.0 Å². The number of fused-ring (bicyclic) bond motifs is 1. The van der Waals surface area contributed by atoms with Crippen LogP contribution in [0.1, 0.15) is 5.56 Å². The minimum absolute atomic E-state index is 0.607. The molecule has 0 atom stereocenters. The molecule has 0 aliphatic rings. The summed E-state index contributed by atoms with van der Waals surface area (Å²) in [5, 5.41) is 7.39. The molecule has 0 unspecified atom stereocenters. The summed E-state index contributed by atoms with van der Waals surface area (Å²) < 4.78 is 5.17. The second kappa shape index (κ2) is 6.30. The number of nitrogens with one attached hydrogen (secondary N) is 2. The Hall–Kier alpha value is -2.82. The Morgan fingerprint density at radius 1 is 1.00 bits per heavy atom. The van der Waals surface area contributed by atoms with Crippen LogP contribution in [-0.2, 0) is 6.54 Å². The summed E-state index contributed by atoms with van der Waals surface area (Å²) in [5.74, 6) is 2.29. The highest BCUT2D eigenvalue weighted by atomic mass is 16.5. The van der Waals surface area contributed by atoms with Crippen LogP contribution in [0.4, 0.5) is 11.8 Å². The first-order chi connectivity index (χ1) is 10.8. The monoisotopic (exact) mass is 294 g/mol. The normalized spacial score (nSPS) is 10.5. The summed E-state index contributed by atoms with van der Waals surface area (Å²) in [7, 11) is 3.48. The van der Waals surface area contributed by atoms with Crippen LogP contribution in [0.3, 0.4) is 0 Å². The Morgan fingerprint density at radius 3 is 2.50 bits per heavy atom. The van der Waals surface area contributed by atoms with Crippen LogP contribution in [0.5, 0.6) is 5.75 Å². The number of aromatic nitrogens is 2. The van der Waals surface area contributed by atoms with E-state index in [-0.39, 0.29) is 0 Å². The standard InChI is InChI=1S/C17H18N4O/c1-18-17-20-15-6-4-3-5-14(15)16(21-17)19-11-12-7-9-13(22-2)10-8-12/h3-10H,11H2,1-2H3,(H2,18,19,20,21). The lowest BCUT2D eigenvalue weighted by molar-refractivity contribution is 0.414. The third kappa shape index (κ3) is 2.93. The van der Waals surface area contributed by atoms with Crippen molar-refractivity contribution in [2.45, 2.75) is 6.54 Å². The third-order valence-electron chi connectivity index (χ3n) is 3.45. The van der Waals surface area contributed by atoms with E-state index in [9.17, 15) is 0 Å². The lowest BCUT2D eigenvalue weighted by atomic mass is 10.2. The van der Waals surface area contributed by atoms with E-state index in [0.29, 0.717) is 12.5 Å². The lowest BCUT2D eigenvalue weighted by Gasteiger charge is -2.11. The van der Waals surface area contributed by atoms with Crippen LogP contribution in [0.2, 0.25) is 0 Å². The van der Waals surface area contributed by atoms with Gasteiger partial charge in [-0.15, -0.1) is 0 Å². The van der Waals surface area contributed by atoms with Gasteiger partial charge in [0.1, 0.15) is 11.6 Å². The van der Waals surface area contributed by atoms with E-state index in [1.165, 1.54) is 0 Å². The van der Waals surface area contributed by atoms with Gasteiger partial charge in [0.25, 0.3) is 0 Å². The highest BCUT2D eigenvalue weighted by Gasteiger charge is 2.06. The van der Waals surface area contributed by atoms with Crippen molar-refractivity contribution in [2.75, 3.05) is 24.8 Å². The van der Waals surface area contributed by atoms with E-state index in [2.05, 4.69) is 20.6 Å². The summed E-state index contributed by atoms with van der Waals surface area (Å²) in [5.41, 5.74) is 2.08. The zero-order chi connectivity index (χ0) is 15.4. The molecule has 5 nitrogen and oxygen atoms in total. The SMILES string of the molecule is CNc1nc(NCc2ccc(OC)cc2)c2ccccc2n1. The fourth-order valence-electron chi connectivity index (χ4n) is 2.25. The maximum Gasteiger partial charge on any atom is 0.224 e. The van der Waals surface area contributed by atoms with Crippen LogP contribution in [0.15, 0.2) is 48.5 Å². The fourth-order valence-corrected chi connectivity index (χ4v) is 2.25. The molecule has 0 saturated carbocycles. The van der Waals surface area contributed by atoms with Crippen molar-refractivity contribution in [1.29, 1.82) is 0 Å². The fraction of sp³-hybridized carbons (Fsp3) is 0.176. The van der Waals surface area contributed by atoms with Gasteiger partial charge >= 0.3 is 0 Å². The van der Waals surface area contributed by atoms with E-state index in [1.807, 2.05) is 55.6 Å². The Labute approximate surface area is 129 Å². The van der Waals surface area contributed by atoms with Crippen molar-refractivity contribution in [3.05, 3.63) is 54.1 Å². The maximum atomic E-state index is 5.17. The van der Waals surface area contributed by atoms with E-state index in [1.54, 1.807) is 7.11 Å². The molecule has 2 N–H and O–H groups in total. The molecule has 0 aliphatic heterocycles. The summed E-state index contributed by atoms with van der Waals surface area (Å²) >= 11 is 0. The minimum Gasteiger partial charge on any atom is -0.497 e. The van der Waals surface area contributed by atoms with E-state index >= 15 is 0 Å². The van der Waals surface area contributed by atoms with Gasteiger partial charge in [-0.3, -0.25) is 0 Å². The summed E-state index contributed by atoms with van der Waals surface area (Å²) in [6.07, 6.45) is 0. The average molecular weight is 294 g/mol. The Bertz CT molecular complexity index is 771. The van der Waals surface area contributed by atoms with Gasteiger partial charge in [-0.25, -0.2) is 4.98 Å². The second-order valence-electron chi connectivity index (χ2n) is 4.86. The Morgan fingerprint density at radius 2 is 1.77 bits per heavy atom. The van der Waals surface area contributed by atoms with Gasteiger partial charge in [0.2, 0.25) is 5.95 Å². The molecule has 3 aromatic rings. The van der Waals surface area contributed by atoms with Crippen LogP contribution in [0.25, 0.3) is 10.9 Å². The summed E-state index contributed by atoms with van der Waals surface area (Å²) in [6.45, 7) is 0.689. The number of nitrogens with zero attached hydrogens (tertiary/aromatic N) is 2. The topological polar surface area (TPSA) is 59.1 Å². The van der Waals surface area contributed by atoms with Crippen molar-refractivity contribution < 1.29 is 4.74 Å². The smallest absolute Gasteiger partial charge is 0.224 e. The molecule has 0 radical (unpaired) electrons. The van der Waals surface area contributed by atoms with Gasteiger partial charge in [-0.2, -0.15) is 4.98 Å².